The van der Waals surface area contributed by atoms with Crippen LogP contribution < -0.4 is 4.90 Å². The maximum absolute atomic E-state index is 14.3. The first kappa shape index (κ1) is 13.1. The molecule has 20 heavy (non-hydrogen) atoms. The van der Waals surface area contributed by atoms with E-state index < -0.39 is 6.30 Å². The second-order valence-electron chi connectivity index (χ2n) is 5.10. The van der Waals surface area contributed by atoms with Crippen molar-refractivity contribution < 1.29 is 4.39 Å². The summed E-state index contributed by atoms with van der Waals surface area (Å²) in [6.07, 6.45) is -0.927. The van der Waals surface area contributed by atoms with E-state index in [4.69, 9.17) is 0 Å². The van der Waals surface area contributed by atoms with Gasteiger partial charge in [-0.05, 0) is 23.8 Å². The number of nitrogens with zero attached hydrogens (tertiary/aromatic N) is 2. The molecule has 0 aliphatic carbocycles. The number of benzene rings is 2. The predicted octanol–water partition coefficient (Wildman–Crippen LogP) is 3.10. The van der Waals surface area contributed by atoms with Crippen molar-refractivity contribution in [3.63, 3.8) is 0 Å². The van der Waals surface area contributed by atoms with Crippen LogP contribution in [0.4, 0.5) is 10.1 Å². The highest BCUT2D eigenvalue weighted by molar-refractivity contribution is 5.46. The number of hydrogen-bond donors (Lipinski definition) is 0. The minimum Gasteiger partial charge on any atom is -0.366 e. The zero-order valence-electron chi connectivity index (χ0n) is 11.4. The van der Waals surface area contributed by atoms with Crippen LogP contribution in [-0.2, 0) is 6.54 Å². The Morgan fingerprint density at radius 3 is 2.65 bits per heavy atom. The molecule has 2 aromatic rings. The Hall–Kier alpha value is -1.87. The molecule has 1 radical (unpaired) electrons. The van der Waals surface area contributed by atoms with Gasteiger partial charge >= 0.3 is 0 Å². The first-order chi connectivity index (χ1) is 9.83. The molecule has 103 valence electrons. The molecule has 1 fully saturated rings. The fraction of sp³-hybridized carbons (Fsp3) is 0.294. The molecule has 0 bridgehead atoms. The summed E-state index contributed by atoms with van der Waals surface area (Å²) in [5, 5.41) is 0. The van der Waals surface area contributed by atoms with Crippen molar-refractivity contribution >= 4 is 5.69 Å². The summed E-state index contributed by atoms with van der Waals surface area (Å²) in [5.74, 6) is 0. The maximum atomic E-state index is 14.3. The summed E-state index contributed by atoms with van der Waals surface area (Å²) in [7, 11) is 0. The van der Waals surface area contributed by atoms with E-state index in [1.54, 1.807) is 0 Å². The second-order valence-corrected chi connectivity index (χ2v) is 5.10. The molecule has 3 rings (SSSR count). The van der Waals surface area contributed by atoms with Gasteiger partial charge in [0, 0.05) is 25.3 Å². The number of halogens is 1. The lowest BCUT2D eigenvalue weighted by atomic mass is 10.2. The van der Waals surface area contributed by atoms with Gasteiger partial charge in [0.2, 0.25) is 0 Å². The predicted molar refractivity (Wildman–Crippen MR) is 79.2 cm³/mol. The highest BCUT2D eigenvalue weighted by atomic mass is 19.1. The Morgan fingerprint density at radius 1 is 1.10 bits per heavy atom. The lowest BCUT2D eigenvalue weighted by Crippen LogP contribution is -2.50. The topological polar surface area (TPSA) is 6.48 Å². The van der Waals surface area contributed by atoms with E-state index in [2.05, 4.69) is 11.0 Å². The number of anilines is 1. The Morgan fingerprint density at radius 2 is 1.95 bits per heavy atom. The van der Waals surface area contributed by atoms with Gasteiger partial charge < -0.3 is 4.90 Å². The first-order valence-corrected chi connectivity index (χ1v) is 6.96. The van der Waals surface area contributed by atoms with Crippen LogP contribution in [-0.4, -0.2) is 30.8 Å². The average Bonchev–Trinajstić information content (AvgIpc) is 2.51. The summed E-state index contributed by atoms with van der Waals surface area (Å²) in [6.45, 7) is 2.69. The fourth-order valence-corrected chi connectivity index (χ4v) is 2.59. The van der Waals surface area contributed by atoms with Crippen LogP contribution in [0.2, 0.25) is 0 Å². The molecule has 0 N–H and O–H groups in total. The Bertz CT molecular complexity index is 529. The van der Waals surface area contributed by atoms with Crippen LogP contribution in [0.3, 0.4) is 0 Å². The fourth-order valence-electron chi connectivity index (χ4n) is 2.59. The Balaban J connectivity index is 1.63. The lowest BCUT2D eigenvalue weighted by molar-refractivity contribution is 0.0635. The van der Waals surface area contributed by atoms with Gasteiger partial charge in [-0.1, -0.05) is 42.5 Å². The van der Waals surface area contributed by atoms with Crippen molar-refractivity contribution in [1.82, 2.24) is 4.90 Å². The zero-order valence-corrected chi connectivity index (χ0v) is 11.4. The Kier molecular flexibility index (Phi) is 3.97. The van der Waals surface area contributed by atoms with Crippen molar-refractivity contribution in [2.24, 2.45) is 0 Å². The summed E-state index contributed by atoms with van der Waals surface area (Å²) in [6, 6.07) is 20.9. The molecule has 2 aromatic carbocycles. The second kappa shape index (κ2) is 6.06. The van der Waals surface area contributed by atoms with Crippen LogP contribution in [0.1, 0.15) is 5.56 Å². The lowest BCUT2D eigenvalue weighted by Gasteiger charge is -2.38. The molecule has 1 saturated heterocycles. The molecule has 0 amide bonds. The van der Waals surface area contributed by atoms with Crippen molar-refractivity contribution in [3.8, 4) is 0 Å². The molecule has 1 unspecified atom stereocenters. The van der Waals surface area contributed by atoms with E-state index in [1.165, 1.54) is 0 Å². The minimum absolute atomic E-state index is 0.421. The van der Waals surface area contributed by atoms with Crippen molar-refractivity contribution in [3.05, 3.63) is 66.2 Å². The normalized spacial score (nSPS) is 20.1. The van der Waals surface area contributed by atoms with E-state index in [0.29, 0.717) is 13.1 Å². The number of piperazine rings is 1. The van der Waals surface area contributed by atoms with E-state index in [1.807, 2.05) is 59.5 Å². The summed E-state index contributed by atoms with van der Waals surface area (Å²) >= 11 is 0. The molecule has 1 heterocycles. The third-order valence-corrected chi connectivity index (χ3v) is 3.71. The summed E-state index contributed by atoms with van der Waals surface area (Å²) in [5.41, 5.74) is 2.21. The van der Waals surface area contributed by atoms with Gasteiger partial charge in [-0.2, -0.15) is 0 Å². The molecule has 0 saturated carbocycles. The van der Waals surface area contributed by atoms with Gasteiger partial charge in [-0.15, -0.1) is 0 Å². The molecule has 1 aliphatic heterocycles. The van der Waals surface area contributed by atoms with Crippen LogP contribution >= 0.6 is 0 Å². The molecule has 0 spiro atoms. The maximum Gasteiger partial charge on any atom is 0.171 e. The molecule has 1 aliphatic rings. The van der Waals surface area contributed by atoms with Gasteiger partial charge in [0.15, 0.2) is 6.30 Å². The third-order valence-electron chi connectivity index (χ3n) is 3.71. The summed E-state index contributed by atoms with van der Waals surface area (Å²) < 4.78 is 14.3. The van der Waals surface area contributed by atoms with Crippen molar-refractivity contribution in [2.45, 2.75) is 12.8 Å². The van der Waals surface area contributed by atoms with E-state index in [-0.39, 0.29) is 0 Å². The number of rotatable bonds is 3. The van der Waals surface area contributed by atoms with Crippen LogP contribution in [0.15, 0.2) is 54.6 Å². The minimum atomic E-state index is -0.927. The smallest absolute Gasteiger partial charge is 0.171 e. The molecular weight excluding hydrogens is 251 g/mol. The van der Waals surface area contributed by atoms with Crippen molar-refractivity contribution in [1.29, 1.82) is 0 Å². The monoisotopic (exact) mass is 269 g/mol. The molecule has 2 nitrogen and oxygen atoms in total. The molecule has 3 heteroatoms. The SMILES string of the molecule is FC1CN(c2c[c]ccc2)CCN1Cc1ccccc1. The standard InChI is InChI=1S/C17H18FN2/c18-17-14-19(16-9-5-2-6-10-16)11-12-20(17)13-15-7-3-1-4-8-15/h1-5,7-10,17H,11-14H2. The first-order valence-electron chi connectivity index (χ1n) is 6.96. The zero-order chi connectivity index (χ0) is 13.8. The van der Waals surface area contributed by atoms with Crippen LogP contribution in [0, 0.1) is 6.07 Å². The quantitative estimate of drug-likeness (QED) is 0.790. The third kappa shape index (κ3) is 2.99. The number of hydrogen-bond acceptors (Lipinski definition) is 2. The molecule has 1 atom stereocenters. The highest BCUT2D eigenvalue weighted by Gasteiger charge is 2.26. The van der Waals surface area contributed by atoms with Gasteiger partial charge in [0.1, 0.15) is 0 Å². The number of alkyl halides is 1. The van der Waals surface area contributed by atoms with E-state index in [0.717, 1.165) is 24.3 Å². The van der Waals surface area contributed by atoms with Crippen LogP contribution in [0.25, 0.3) is 0 Å². The highest BCUT2D eigenvalue weighted by Crippen LogP contribution is 2.20. The largest absolute Gasteiger partial charge is 0.366 e. The van der Waals surface area contributed by atoms with Gasteiger partial charge in [-0.25, -0.2) is 4.39 Å². The van der Waals surface area contributed by atoms with Crippen LogP contribution in [0.5, 0.6) is 0 Å². The molecular formula is C17H18FN2. The van der Waals surface area contributed by atoms with Gasteiger partial charge in [0.25, 0.3) is 0 Å². The molecule has 0 aromatic heterocycles. The summed E-state index contributed by atoms with van der Waals surface area (Å²) in [4.78, 5) is 3.99. The van der Waals surface area contributed by atoms with E-state index in [9.17, 15) is 4.39 Å². The van der Waals surface area contributed by atoms with Crippen molar-refractivity contribution in [2.75, 3.05) is 24.5 Å². The average molecular weight is 269 g/mol. The van der Waals surface area contributed by atoms with Gasteiger partial charge in [-0.3, -0.25) is 4.90 Å². The van der Waals surface area contributed by atoms with Gasteiger partial charge in [0.05, 0.1) is 6.54 Å². The van der Waals surface area contributed by atoms with E-state index >= 15 is 0 Å². The Labute approximate surface area is 119 Å².